The van der Waals surface area contributed by atoms with Crippen LogP contribution in [0, 0.1) is 0 Å². The lowest BCUT2D eigenvalue weighted by Gasteiger charge is -2.37. The Morgan fingerprint density at radius 3 is 2.14 bits per heavy atom. The summed E-state index contributed by atoms with van der Waals surface area (Å²) in [5, 5.41) is 0. The van der Waals surface area contributed by atoms with E-state index in [0.717, 1.165) is 5.56 Å². The van der Waals surface area contributed by atoms with Crippen LogP contribution in [0.1, 0.15) is 5.56 Å². The third-order valence-electron chi connectivity index (χ3n) is 4.52. The van der Waals surface area contributed by atoms with Gasteiger partial charge in [0.05, 0.1) is 0 Å². The molecule has 0 N–H and O–H groups in total. The Morgan fingerprint density at radius 1 is 0.929 bits per heavy atom. The predicted molar refractivity (Wildman–Crippen MR) is 80.4 cm³/mol. The van der Waals surface area contributed by atoms with E-state index in [1.807, 2.05) is 0 Å². The molecule has 0 radical (unpaired) electrons. The Labute approximate surface area is 154 Å². The Hall–Kier alpha value is -2.24. The molecule has 1 saturated heterocycles. The van der Waals surface area contributed by atoms with Gasteiger partial charge in [0.15, 0.2) is 11.5 Å². The average Bonchev–Trinajstić information content (AvgIpc) is 3.08. The SMILES string of the molecule is O=C(N1CCN(Cc2ccc3c(c2)OCO3)CC1)C(F)(F)C(F)(F)C(F)(F)F. The largest absolute Gasteiger partial charge is 0.460 e. The highest BCUT2D eigenvalue weighted by Crippen LogP contribution is 2.47. The summed E-state index contributed by atoms with van der Waals surface area (Å²) in [4.78, 5) is 13.7. The number of benzene rings is 1. The number of nitrogens with zero attached hydrogens (tertiary/aromatic N) is 2. The molecule has 0 spiro atoms. The molecule has 1 aromatic carbocycles. The average molecular weight is 416 g/mol. The summed E-state index contributed by atoms with van der Waals surface area (Å²) in [5.74, 6) is -13.7. The molecule has 156 valence electrons. The van der Waals surface area contributed by atoms with Gasteiger partial charge in [0, 0.05) is 32.7 Å². The summed E-state index contributed by atoms with van der Waals surface area (Å²) in [5.41, 5.74) is 0.804. The molecule has 1 aromatic rings. The van der Waals surface area contributed by atoms with Crippen molar-refractivity contribution in [3.63, 3.8) is 0 Å². The van der Waals surface area contributed by atoms with Crippen molar-refractivity contribution in [2.24, 2.45) is 0 Å². The van der Waals surface area contributed by atoms with E-state index in [-0.39, 0.29) is 19.9 Å². The van der Waals surface area contributed by atoms with Crippen LogP contribution >= 0.6 is 0 Å². The van der Waals surface area contributed by atoms with Gasteiger partial charge < -0.3 is 14.4 Å². The van der Waals surface area contributed by atoms with Gasteiger partial charge in [0.2, 0.25) is 6.79 Å². The number of halogens is 7. The minimum Gasteiger partial charge on any atom is -0.454 e. The van der Waals surface area contributed by atoms with E-state index in [4.69, 9.17) is 9.47 Å². The van der Waals surface area contributed by atoms with E-state index in [1.54, 1.807) is 23.1 Å². The van der Waals surface area contributed by atoms with Gasteiger partial charge >= 0.3 is 18.0 Å². The Balaban J connectivity index is 1.59. The van der Waals surface area contributed by atoms with E-state index >= 15 is 0 Å². The van der Waals surface area contributed by atoms with Crippen molar-refractivity contribution in [3.05, 3.63) is 23.8 Å². The molecule has 1 fully saturated rings. The van der Waals surface area contributed by atoms with Gasteiger partial charge in [-0.05, 0) is 17.7 Å². The molecule has 12 heteroatoms. The van der Waals surface area contributed by atoms with Crippen LogP contribution in [-0.2, 0) is 11.3 Å². The number of alkyl halides is 7. The number of fused-ring (bicyclic) bond motifs is 1. The number of amides is 1. The molecule has 0 aromatic heterocycles. The van der Waals surface area contributed by atoms with E-state index in [1.165, 1.54) is 0 Å². The number of hydrogen-bond acceptors (Lipinski definition) is 4. The standard InChI is InChI=1S/C16H15F7N2O3/c17-14(18,15(19,20)16(21,22)23)13(26)25-5-3-24(4-6-25)8-10-1-2-11-12(7-10)28-9-27-11/h1-2,7H,3-6,8-9H2. The maximum Gasteiger partial charge on any atom is 0.460 e. The molecule has 28 heavy (non-hydrogen) atoms. The van der Waals surface area contributed by atoms with Crippen LogP contribution < -0.4 is 9.47 Å². The zero-order valence-electron chi connectivity index (χ0n) is 14.2. The number of rotatable bonds is 4. The lowest BCUT2D eigenvalue weighted by Crippen LogP contribution is -2.62. The maximum atomic E-state index is 13.5. The van der Waals surface area contributed by atoms with Gasteiger partial charge in [-0.1, -0.05) is 6.07 Å². The molecule has 0 unspecified atom stereocenters. The van der Waals surface area contributed by atoms with Gasteiger partial charge in [-0.2, -0.15) is 30.7 Å². The van der Waals surface area contributed by atoms with Gasteiger partial charge in [-0.25, -0.2) is 0 Å². The van der Waals surface area contributed by atoms with Crippen LogP contribution in [0.3, 0.4) is 0 Å². The first-order chi connectivity index (χ1) is 12.9. The Kier molecular flexibility index (Phi) is 5.11. The number of hydrogen-bond donors (Lipinski definition) is 0. The molecule has 0 aliphatic carbocycles. The molecule has 5 nitrogen and oxygen atoms in total. The predicted octanol–water partition coefficient (Wildman–Crippen LogP) is 2.89. The highest BCUT2D eigenvalue weighted by atomic mass is 19.4. The third-order valence-corrected chi connectivity index (χ3v) is 4.52. The molecule has 2 aliphatic heterocycles. The first-order valence-corrected chi connectivity index (χ1v) is 8.16. The van der Waals surface area contributed by atoms with E-state index in [9.17, 15) is 35.5 Å². The smallest absolute Gasteiger partial charge is 0.454 e. The molecule has 3 rings (SSSR count). The molecule has 0 saturated carbocycles. The third kappa shape index (κ3) is 3.56. The summed E-state index contributed by atoms with van der Waals surface area (Å²) in [6.07, 6.45) is -6.53. The van der Waals surface area contributed by atoms with Crippen molar-refractivity contribution in [1.82, 2.24) is 9.80 Å². The van der Waals surface area contributed by atoms with E-state index in [2.05, 4.69) is 0 Å². The molecule has 2 heterocycles. The lowest BCUT2D eigenvalue weighted by atomic mass is 10.1. The second kappa shape index (κ2) is 6.98. The van der Waals surface area contributed by atoms with Crippen LogP contribution in [0.15, 0.2) is 18.2 Å². The molecular weight excluding hydrogens is 401 g/mol. The first kappa shape index (κ1) is 20.5. The molecule has 0 bridgehead atoms. The molecule has 0 atom stereocenters. The zero-order chi connectivity index (χ0) is 20.7. The van der Waals surface area contributed by atoms with Crippen molar-refractivity contribution >= 4 is 5.91 Å². The van der Waals surface area contributed by atoms with Crippen molar-refractivity contribution in [2.45, 2.75) is 24.6 Å². The van der Waals surface area contributed by atoms with Crippen molar-refractivity contribution in [1.29, 1.82) is 0 Å². The summed E-state index contributed by atoms with van der Waals surface area (Å²) in [6.45, 7) is -0.272. The second-order valence-electron chi connectivity index (χ2n) is 6.40. The van der Waals surface area contributed by atoms with Crippen LogP contribution in [0.2, 0.25) is 0 Å². The van der Waals surface area contributed by atoms with Gasteiger partial charge in [0.1, 0.15) is 0 Å². The normalized spacial score (nSPS) is 18.5. The number of carbonyl (C=O) groups excluding carboxylic acids is 1. The van der Waals surface area contributed by atoms with Gasteiger partial charge in [-0.3, -0.25) is 9.69 Å². The van der Waals surface area contributed by atoms with E-state index < -0.39 is 37.0 Å². The van der Waals surface area contributed by atoms with Crippen LogP contribution in [0.25, 0.3) is 0 Å². The minimum atomic E-state index is -6.53. The first-order valence-electron chi connectivity index (χ1n) is 8.16. The van der Waals surface area contributed by atoms with E-state index in [0.29, 0.717) is 22.9 Å². The summed E-state index contributed by atoms with van der Waals surface area (Å²) < 4.78 is 100. The van der Waals surface area contributed by atoms with Crippen LogP contribution in [0.5, 0.6) is 11.5 Å². The highest BCUT2D eigenvalue weighted by Gasteiger charge is 2.76. The Morgan fingerprint density at radius 2 is 1.54 bits per heavy atom. The summed E-state index contributed by atoms with van der Waals surface area (Å²) in [6, 6.07) is 5.16. The summed E-state index contributed by atoms with van der Waals surface area (Å²) in [7, 11) is 0. The lowest BCUT2D eigenvalue weighted by molar-refractivity contribution is -0.346. The molecule has 1 amide bonds. The number of ether oxygens (including phenoxy) is 2. The molecular formula is C16H15F7N2O3. The number of carbonyl (C=O) groups is 1. The van der Waals surface area contributed by atoms with Crippen molar-refractivity contribution < 1.29 is 45.0 Å². The van der Waals surface area contributed by atoms with Crippen LogP contribution in [0.4, 0.5) is 30.7 Å². The zero-order valence-corrected chi connectivity index (χ0v) is 14.2. The van der Waals surface area contributed by atoms with Crippen molar-refractivity contribution in [3.8, 4) is 11.5 Å². The van der Waals surface area contributed by atoms with Crippen molar-refractivity contribution in [2.75, 3.05) is 33.0 Å². The fraction of sp³-hybridized carbons (Fsp3) is 0.562. The quantitative estimate of drug-likeness (QED) is 0.709. The maximum absolute atomic E-state index is 13.5. The topological polar surface area (TPSA) is 42.0 Å². The minimum absolute atomic E-state index is 0.0356. The second-order valence-corrected chi connectivity index (χ2v) is 6.40. The molecule has 2 aliphatic rings. The fourth-order valence-corrected chi connectivity index (χ4v) is 2.92. The monoisotopic (exact) mass is 416 g/mol. The highest BCUT2D eigenvalue weighted by molar-refractivity contribution is 5.85. The van der Waals surface area contributed by atoms with Gasteiger partial charge in [-0.15, -0.1) is 0 Å². The van der Waals surface area contributed by atoms with Gasteiger partial charge in [0.25, 0.3) is 5.91 Å². The van der Waals surface area contributed by atoms with Crippen LogP contribution in [-0.4, -0.2) is 66.7 Å². The number of piperazine rings is 1. The Bertz CT molecular complexity index is 746. The summed E-state index contributed by atoms with van der Waals surface area (Å²) >= 11 is 0. The fourth-order valence-electron chi connectivity index (χ4n) is 2.92.